The van der Waals surface area contributed by atoms with Crippen LogP contribution in [-0.4, -0.2) is 72.7 Å². The van der Waals surface area contributed by atoms with Crippen molar-refractivity contribution in [2.24, 2.45) is 0 Å². The van der Waals surface area contributed by atoms with E-state index in [0.29, 0.717) is 42.8 Å². The van der Waals surface area contributed by atoms with Crippen LogP contribution in [0, 0.1) is 0 Å². The average Bonchev–Trinajstić information content (AvgIpc) is 3.18. The van der Waals surface area contributed by atoms with Gasteiger partial charge in [0.2, 0.25) is 5.91 Å². The molecule has 0 bridgehead atoms. The average molecular weight is 465 g/mol. The molecule has 2 aromatic carbocycles. The van der Waals surface area contributed by atoms with Crippen LogP contribution in [-0.2, 0) is 19.4 Å². The SMILES string of the molecule is O=C([C@H](O)CS(=O)(=O)c1ccc2cc(Cl)ccc2c1)N1CCC(N2CCCC2=O)CC1. The number of nitrogens with zero attached hydrogens (tertiary/aromatic N) is 2. The smallest absolute Gasteiger partial charge is 0.252 e. The minimum Gasteiger partial charge on any atom is -0.382 e. The second-order valence-electron chi connectivity index (χ2n) is 8.20. The maximum Gasteiger partial charge on any atom is 0.252 e. The molecule has 4 rings (SSSR count). The van der Waals surface area contributed by atoms with Gasteiger partial charge in [0.15, 0.2) is 9.84 Å². The fourth-order valence-corrected chi connectivity index (χ4v) is 5.94. The highest BCUT2D eigenvalue weighted by atomic mass is 35.5. The molecule has 2 aromatic rings. The number of carbonyl (C=O) groups excluding carboxylic acids is 2. The van der Waals surface area contributed by atoms with Crippen molar-refractivity contribution < 1.29 is 23.1 Å². The van der Waals surface area contributed by atoms with E-state index in [-0.39, 0.29) is 16.8 Å². The maximum atomic E-state index is 12.8. The lowest BCUT2D eigenvalue weighted by Gasteiger charge is -2.37. The van der Waals surface area contributed by atoms with Crippen molar-refractivity contribution in [1.29, 1.82) is 0 Å². The number of hydrogen-bond donors (Lipinski definition) is 1. The molecule has 0 aromatic heterocycles. The fraction of sp³-hybridized carbons (Fsp3) is 0.455. The van der Waals surface area contributed by atoms with Gasteiger partial charge in [0.05, 0.1) is 10.6 Å². The molecular formula is C22H25ClN2O5S. The first-order valence-electron chi connectivity index (χ1n) is 10.4. The van der Waals surface area contributed by atoms with Gasteiger partial charge in [-0.2, -0.15) is 0 Å². The van der Waals surface area contributed by atoms with Crippen molar-refractivity contribution >= 4 is 44.0 Å². The predicted octanol–water partition coefficient (Wildman–Crippen LogP) is 2.24. The van der Waals surface area contributed by atoms with Gasteiger partial charge in [-0.15, -0.1) is 0 Å². The van der Waals surface area contributed by atoms with E-state index in [1.807, 2.05) is 4.90 Å². The van der Waals surface area contributed by atoms with Crippen LogP contribution in [0.25, 0.3) is 10.8 Å². The third-order valence-electron chi connectivity index (χ3n) is 6.12. The van der Waals surface area contributed by atoms with Crippen molar-refractivity contribution in [1.82, 2.24) is 9.80 Å². The Hall–Kier alpha value is -2.16. The Labute approximate surface area is 186 Å². The number of aliphatic hydroxyl groups excluding tert-OH is 1. The molecular weight excluding hydrogens is 440 g/mol. The van der Waals surface area contributed by atoms with Gasteiger partial charge in [-0.1, -0.05) is 23.7 Å². The van der Waals surface area contributed by atoms with E-state index in [0.717, 1.165) is 18.4 Å². The van der Waals surface area contributed by atoms with Crippen LogP contribution in [0.15, 0.2) is 41.3 Å². The number of carbonyl (C=O) groups is 2. The van der Waals surface area contributed by atoms with E-state index in [9.17, 15) is 23.1 Å². The van der Waals surface area contributed by atoms with E-state index in [4.69, 9.17) is 11.6 Å². The lowest BCUT2D eigenvalue weighted by atomic mass is 10.0. The number of amides is 2. The Balaban J connectivity index is 1.39. The molecule has 0 aliphatic carbocycles. The second kappa shape index (κ2) is 8.76. The first-order valence-corrected chi connectivity index (χ1v) is 12.5. The number of fused-ring (bicyclic) bond motifs is 1. The van der Waals surface area contributed by atoms with E-state index in [1.54, 1.807) is 24.3 Å². The number of sulfone groups is 1. The topological polar surface area (TPSA) is 95.0 Å². The summed E-state index contributed by atoms with van der Waals surface area (Å²) < 4.78 is 25.6. The summed E-state index contributed by atoms with van der Waals surface area (Å²) in [6.07, 6.45) is 1.11. The van der Waals surface area contributed by atoms with Crippen molar-refractivity contribution in [2.75, 3.05) is 25.4 Å². The monoisotopic (exact) mass is 464 g/mol. The van der Waals surface area contributed by atoms with Crippen LogP contribution in [0.2, 0.25) is 5.02 Å². The van der Waals surface area contributed by atoms with Crippen LogP contribution in [0.5, 0.6) is 0 Å². The van der Waals surface area contributed by atoms with Crippen molar-refractivity contribution in [2.45, 2.75) is 42.7 Å². The highest BCUT2D eigenvalue weighted by molar-refractivity contribution is 7.91. The molecule has 2 fully saturated rings. The summed E-state index contributed by atoms with van der Waals surface area (Å²) in [4.78, 5) is 28.0. The van der Waals surface area contributed by atoms with Gasteiger partial charge in [-0.3, -0.25) is 9.59 Å². The van der Waals surface area contributed by atoms with Gasteiger partial charge >= 0.3 is 0 Å². The number of piperidine rings is 1. The molecule has 2 aliphatic rings. The molecule has 0 saturated carbocycles. The van der Waals surface area contributed by atoms with Crippen molar-refractivity contribution in [3.05, 3.63) is 41.4 Å². The van der Waals surface area contributed by atoms with Crippen molar-refractivity contribution in [3.63, 3.8) is 0 Å². The first kappa shape index (κ1) is 22.0. The van der Waals surface area contributed by atoms with Crippen LogP contribution >= 0.6 is 11.6 Å². The Morgan fingerprint density at radius 1 is 1.10 bits per heavy atom. The maximum absolute atomic E-state index is 12.8. The van der Waals surface area contributed by atoms with Gasteiger partial charge in [0.25, 0.3) is 5.91 Å². The zero-order valence-corrected chi connectivity index (χ0v) is 18.6. The largest absolute Gasteiger partial charge is 0.382 e. The van der Waals surface area contributed by atoms with E-state index in [1.165, 1.54) is 17.0 Å². The molecule has 9 heteroatoms. The molecule has 2 aliphatic heterocycles. The number of hydrogen-bond acceptors (Lipinski definition) is 5. The van der Waals surface area contributed by atoms with E-state index in [2.05, 4.69) is 0 Å². The Kier molecular flexibility index (Phi) is 6.23. The molecule has 2 saturated heterocycles. The summed E-state index contributed by atoms with van der Waals surface area (Å²) in [6, 6.07) is 9.91. The van der Waals surface area contributed by atoms with Gasteiger partial charge < -0.3 is 14.9 Å². The molecule has 1 N–H and O–H groups in total. The lowest BCUT2D eigenvalue weighted by Crippen LogP contribution is -2.50. The molecule has 0 unspecified atom stereocenters. The molecule has 1 atom stereocenters. The Morgan fingerprint density at radius 2 is 1.77 bits per heavy atom. The second-order valence-corrected chi connectivity index (χ2v) is 10.7. The number of benzene rings is 2. The first-order chi connectivity index (χ1) is 14.7. The summed E-state index contributed by atoms with van der Waals surface area (Å²) >= 11 is 5.97. The standard InChI is InChI=1S/C22H25ClN2O5S/c23-17-5-3-16-13-19(6-4-15(16)12-17)31(29,30)14-20(26)22(28)24-10-7-18(8-11-24)25-9-1-2-21(25)27/h3-6,12-13,18,20,26H,1-2,7-11,14H2/t20-/m1/s1. The van der Waals surface area contributed by atoms with Crippen LogP contribution < -0.4 is 0 Å². The lowest BCUT2D eigenvalue weighted by molar-refractivity contribution is -0.141. The molecule has 2 heterocycles. The molecule has 0 radical (unpaired) electrons. The molecule has 31 heavy (non-hydrogen) atoms. The van der Waals surface area contributed by atoms with E-state index >= 15 is 0 Å². The van der Waals surface area contributed by atoms with Crippen LogP contribution in [0.1, 0.15) is 25.7 Å². The normalized spacial score (nSPS) is 19.2. The molecule has 166 valence electrons. The third-order valence-corrected chi connectivity index (χ3v) is 8.08. The summed E-state index contributed by atoms with van der Waals surface area (Å²) in [7, 11) is -3.86. The Bertz CT molecular complexity index is 1110. The van der Waals surface area contributed by atoms with Crippen LogP contribution in [0.3, 0.4) is 0 Å². The highest BCUT2D eigenvalue weighted by Gasteiger charge is 2.34. The van der Waals surface area contributed by atoms with Gasteiger partial charge in [0.1, 0.15) is 6.10 Å². The minimum atomic E-state index is -3.86. The van der Waals surface area contributed by atoms with Crippen LogP contribution in [0.4, 0.5) is 0 Å². The number of aliphatic hydroxyl groups is 1. The van der Waals surface area contributed by atoms with Crippen molar-refractivity contribution in [3.8, 4) is 0 Å². The zero-order valence-electron chi connectivity index (χ0n) is 17.0. The third kappa shape index (κ3) is 4.71. The Morgan fingerprint density at radius 3 is 2.45 bits per heavy atom. The fourth-order valence-electron chi connectivity index (χ4n) is 4.43. The van der Waals surface area contributed by atoms with Gasteiger partial charge in [-0.25, -0.2) is 8.42 Å². The molecule has 0 spiro atoms. The summed E-state index contributed by atoms with van der Waals surface area (Å²) in [5.74, 6) is -1.09. The number of likely N-dealkylation sites (tertiary alicyclic amines) is 2. The number of rotatable bonds is 5. The predicted molar refractivity (Wildman–Crippen MR) is 118 cm³/mol. The number of halogens is 1. The summed E-state index contributed by atoms with van der Waals surface area (Å²) in [5.41, 5.74) is 0. The molecule has 2 amide bonds. The van der Waals surface area contributed by atoms with Gasteiger partial charge in [-0.05, 0) is 54.3 Å². The zero-order chi connectivity index (χ0) is 22.2. The minimum absolute atomic E-state index is 0.0560. The van der Waals surface area contributed by atoms with Gasteiger partial charge in [0, 0.05) is 37.1 Å². The highest BCUT2D eigenvalue weighted by Crippen LogP contribution is 2.25. The summed E-state index contributed by atoms with van der Waals surface area (Å²) in [6.45, 7) is 1.57. The summed E-state index contributed by atoms with van der Waals surface area (Å²) in [5, 5.41) is 12.5. The van der Waals surface area contributed by atoms with E-state index < -0.39 is 27.6 Å². The molecule has 7 nitrogen and oxygen atoms in total. The quantitative estimate of drug-likeness (QED) is 0.732.